The molecule has 5 heteroatoms. The molecule has 2 aromatic rings. The molecule has 2 heterocycles. The number of rotatable bonds is 8. The summed E-state index contributed by atoms with van der Waals surface area (Å²) in [6.07, 6.45) is 6.20. The number of nitrogens with zero attached hydrogens (tertiary/aromatic N) is 1. The van der Waals surface area contributed by atoms with Crippen LogP contribution in [-0.4, -0.2) is 30.1 Å². The number of hydrogen-bond donors (Lipinski definition) is 0. The van der Waals surface area contributed by atoms with Crippen LogP contribution >= 0.6 is 11.3 Å². The molecule has 0 aliphatic carbocycles. The molecule has 1 aromatic heterocycles. The molecule has 142 valence electrons. The number of thiophene rings is 1. The second-order valence-electron chi connectivity index (χ2n) is 6.48. The molecule has 0 spiro atoms. The van der Waals surface area contributed by atoms with E-state index in [2.05, 4.69) is 13.5 Å². The van der Waals surface area contributed by atoms with Crippen molar-refractivity contribution in [1.29, 1.82) is 0 Å². The fraction of sp³-hybridized carbons (Fsp3) is 0.318. The van der Waals surface area contributed by atoms with Gasteiger partial charge in [0.15, 0.2) is 0 Å². The van der Waals surface area contributed by atoms with Crippen molar-refractivity contribution in [3.05, 3.63) is 64.4 Å². The van der Waals surface area contributed by atoms with E-state index in [4.69, 9.17) is 9.47 Å². The summed E-state index contributed by atoms with van der Waals surface area (Å²) in [6.45, 7) is 9.43. The third-order valence-corrected chi connectivity index (χ3v) is 5.18. The van der Waals surface area contributed by atoms with Crippen molar-refractivity contribution in [2.24, 2.45) is 0 Å². The van der Waals surface area contributed by atoms with Crippen molar-refractivity contribution >= 4 is 23.3 Å². The van der Waals surface area contributed by atoms with E-state index < -0.39 is 0 Å². The van der Waals surface area contributed by atoms with Crippen LogP contribution < -0.4 is 9.47 Å². The number of benzene rings is 1. The van der Waals surface area contributed by atoms with Crippen LogP contribution in [0.2, 0.25) is 0 Å². The molecule has 4 nitrogen and oxygen atoms in total. The van der Waals surface area contributed by atoms with Crippen LogP contribution in [0.5, 0.6) is 11.5 Å². The molecular formula is C22H25NO3S. The summed E-state index contributed by atoms with van der Waals surface area (Å²) in [4.78, 5) is 15.6. The third-order valence-electron chi connectivity index (χ3n) is 4.32. The monoisotopic (exact) mass is 383 g/mol. The van der Waals surface area contributed by atoms with E-state index in [0.29, 0.717) is 19.7 Å². The molecule has 0 radical (unpaired) electrons. The summed E-state index contributed by atoms with van der Waals surface area (Å²) in [5.74, 6) is 1.60. The van der Waals surface area contributed by atoms with E-state index in [0.717, 1.165) is 33.9 Å². The van der Waals surface area contributed by atoms with Crippen molar-refractivity contribution in [2.75, 3.05) is 13.2 Å². The Kier molecular flexibility index (Phi) is 6.35. The quantitative estimate of drug-likeness (QED) is 0.490. The lowest BCUT2D eigenvalue weighted by Gasteiger charge is -2.18. The van der Waals surface area contributed by atoms with Gasteiger partial charge >= 0.3 is 0 Å². The predicted molar refractivity (Wildman–Crippen MR) is 110 cm³/mol. The number of hydrogen-bond acceptors (Lipinski definition) is 4. The summed E-state index contributed by atoms with van der Waals surface area (Å²) >= 11 is 1.64. The molecule has 0 bridgehead atoms. The highest BCUT2D eigenvalue weighted by Crippen LogP contribution is 2.35. The van der Waals surface area contributed by atoms with Gasteiger partial charge in [-0.2, -0.15) is 0 Å². The molecule has 1 aromatic carbocycles. The van der Waals surface area contributed by atoms with Gasteiger partial charge in [0.05, 0.1) is 13.2 Å². The van der Waals surface area contributed by atoms with E-state index in [1.165, 1.54) is 0 Å². The first-order valence-corrected chi connectivity index (χ1v) is 10.0. The predicted octanol–water partition coefficient (Wildman–Crippen LogP) is 4.70. The molecule has 1 atom stereocenters. The fourth-order valence-electron chi connectivity index (χ4n) is 3.11. The molecule has 3 rings (SSSR count). The number of carbonyl (C=O) groups is 1. The van der Waals surface area contributed by atoms with E-state index >= 15 is 0 Å². The molecule has 0 saturated carbocycles. The first kappa shape index (κ1) is 19.2. The van der Waals surface area contributed by atoms with Gasteiger partial charge < -0.3 is 14.4 Å². The van der Waals surface area contributed by atoms with Crippen LogP contribution in [-0.2, 0) is 17.8 Å². The smallest absolute Gasteiger partial charge is 0.247 e. The minimum atomic E-state index is -0.0551. The molecule has 1 aliphatic rings. The summed E-state index contributed by atoms with van der Waals surface area (Å²) < 4.78 is 11.6. The van der Waals surface area contributed by atoms with Crippen LogP contribution in [0.25, 0.3) is 6.08 Å². The first-order valence-electron chi connectivity index (χ1n) is 9.17. The van der Waals surface area contributed by atoms with Crippen molar-refractivity contribution < 1.29 is 14.3 Å². The van der Waals surface area contributed by atoms with Crippen LogP contribution in [0.1, 0.15) is 29.9 Å². The second-order valence-corrected chi connectivity index (χ2v) is 7.52. The molecule has 1 amide bonds. The minimum absolute atomic E-state index is 0.0551. The Bertz CT molecular complexity index is 826. The highest BCUT2D eigenvalue weighted by Gasteiger charge is 2.21. The molecule has 1 unspecified atom stereocenters. The zero-order valence-electron chi connectivity index (χ0n) is 15.8. The van der Waals surface area contributed by atoms with Gasteiger partial charge in [-0.1, -0.05) is 12.1 Å². The highest BCUT2D eigenvalue weighted by molar-refractivity contribution is 7.09. The Hall–Kier alpha value is -2.53. The normalized spacial score (nSPS) is 15.4. The van der Waals surface area contributed by atoms with Gasteiger partial charge in [0.1, 0.15) is 17.6 Å². The lowest BCUT2D eigenvalue weighted by molar-refractivity contribution is -0.126. The molecule has 0 saturated heterocycles. The maximum absolute atomic E-state index is 12.7. The van der Waals surface area contributed by atoms with Crippen LogP contribution in [0.15, 0.2) is 48.4 Å². The average molecular weight is 384 g/mol. The third kappa shape index (κ3) is 4.80. The molecule has 0 N–H and O–H groups in total. The Labute approximate surface area is 164 Å². The Morgan fingerprint density at radius 1 is 1.48 bits per heavy atom. The van der Waals surface area contributed by atoms with E-state index in [9.17, 15) is 4.79 Å². The molecule has 0 fully saturated rings. The topological polar surface area (TPSA) is 38.8 Å². The summed E-state index contributed by atoms with van der Waals surface area (Å²) in [7, 11) is 0. The lowest BCUT2D eigenvalue weighted by atomic mass is 10.1. The molecule has 1 aliphatic heterocycles. The van der Waals surface area contributed by atoms with E-state index in [-0.39, 0.29) is 12.0 Å². The number of fused-ring (bicyclic) bond motifs is 1. The maximum atomic E-state index is 12.7. The van der Waals surface area contributed by atoms with Gasteiger partial charge in [0.2, 0.25) is 5.91 Å². The van der Waals surface area contributed by atoms with Crippen molar-refractivity contribution in [2.45, 2.75) is 32.9 Å². The standard InChI is InChI=1S/C22H25NO3S/c1-4-10-23(15-19-7-6-11-27-19)22(24)9-8-17-13-21-18(12-16(3)26-21)14-20(17)25-5-2/h4,6-9,11,13-14,16H,1,5,10,12,15H2,2-3H3/b9-8+. The Morgan fingerprint density at radius 3 is 3.04 bits per heavy atom. The zero-order valence-corrected chi connectivity index (χ0v) is 16.6. The zero-order chi connectivity index (χ0) is 19.2. The first-order chi connectivity index (χ1) is 13.1. The van der Waals surface area contributed by atoms with Crippen molar-refractivity contribution in [3.63, 3.8) is 0 Å². The van der Waals surface area contributed by atoms with Gasteiger partial charge in [0, 0.05) is 35.0 Å². The second kappa shape index (κ2) is 8.91. The fourth-order valence-corrected chi connectivity index (χ4v) is 3.83. The van der Waals surface area contributed by atoms with E-state index in [1.807, 2.05) is 42.6 Å². The summed E-state index contributed by atoms with van der Waals surface area (Å²) in [6, 6.07) is 8.01. The van der Waals surface area contributed by atoms with Crippen LogP contribution in [0, 0.1) is 0 Å². The van der Waals surface area contributed by atoms with Crippen molar-refractivity contribution in [1.82, 2.24) is 4.90 Å². The SMILES string of the molecule is C=CCN(Cc1cccs1)C(=O)/C=C/c1cc2c(cc1OCC)CC(C)O2. The largest absolute Gasteiger partial charge is 0.493 e. The number of carbonyl (C=O) groups excluding carboxylic acids is 1. The van der Waals surface area contributed by atoms with Gasteiger partial charge in [0.25, 0.3) is 0 Å². The molecule has 27 heavy (non-hydrogen) atoms. The van der Waals surface area contributed by atoms with Crippen LogP contribution in [0.4, 0.5) is 0 Å². The lowest BCUT2D eigenvalue weighted by Crippen LogP contribution is -2.28. The van der Waals surface area contributed by atoms with Crippen molar-refractivity contribution in [3.8, 4) is 11.5 Å². The Morgan fingerprint density at radius 2 is 2.33 bits per heavy atom. The molecular weight excluding hydrogens is 358 g/mol. The number of ether oxygens (including phenoxy) is 2. The Balaban J connectivity index is 1.79. The highest BCUT2D eigenvalue weighted by atomic mass is 32.1. The average Bonchev–Trinajstić information content (AvgIpc) is 3.27. The van der Waals surface area contributed by atoms with Gasteiger partial charge in [-0.05, 0) is 43.5 Å². The van der Waals surface area contributed by atoms with Gasteiger partial charge in [-0.25, -0.2) is 0 Å². The summed E-state index contributed by atoms with van der Waals surface area (Å²) in [5, 5.41) is 2.02. The van der Waals surface area contributed by atoms with E-state index in [1.54, 1.807) is 28.4 Å². The number of amides is 1. The van der Waals surface area contributed by atoms with Gasteiger partial charge in [-0.3, -0.25) is 4.79 Å². The van der Waals surface area contributed by atoms with Gasteiger partial charge in [-0.15, -0.1) is 17.9 Å². The maximum Gasteiger partial charge on any atom is 0.247 e. The van der Waals surface area contributed by atoms with Crippen LogP contribution in [0.3, 0.4) is 0 Å². The summed E-state index contributed by atoms with van der Waals surface area (Å²) in [5.41, 5.74) is 2.01. The minimum Gasteiger partial charge on any atom is -0.493 e.